The van der Waals surface area contributed by atoms with Crippen LogP contribution in [-0.4, -0.2) is 9.97 Å². The molecule has 2 aromatic carbocycles. The standard InChI is InChI=1S/C22H16N2O.Pd/c1-3-13-23-21(11-1)17-7-5-9-19(15-17)25-20-10-6-8-18(16-20)22-12-2-4-14-24-22;/h1-16H;. The van der Waals surface area contributed by atoms with Crippen LogP contribution < -0.4 is 4.74 Å². The topological polar surface area (TPSA) is 35.0 Å². The van der Waals surface area contributed by atoms with Crippen LogP contribution in [0.25, 0.3) is 22.5 Å². The van der Waals surface area contributed by atoms with Gasteiger partial charge in [-0.25, -0.2) is 0 Å². The molecule has 4 rings (SSSR count). The average Bonchev–Trinajstić information content (AvgIpc) is 2.70. The van der Waals surface area contributed by atoms with E-state index in [2.05, 4.69) is 9.97 Å². The van der Waals surface area contributed by atoms with Crippen molar-refractivity contribution in [2.24, 2.45) is 0 Å². The van der Waals surface area contributed by atoms with Crippen molar-refractivity contribution in [3.63, 3.8) is 0 Å². The average molecular weight is 431 g/mol. The predicted molar refractivity (Wildman–Crippen MR) is 99.4 cm³/mol. The molecule has 0 amide bonds. The summed E-state index contributed by atoms with van der Waals surface area (Å²) in [5.74, 6) is 1.56. The molecule has 0 aliphatic heterocycles. The molecule has 130 valence electrons. The van der Waals surface area contributed by atoms with Crippen LogP contribution in [0.5, 0.6) is 11.5 Å². The SMILES string of the molecule is [Pd].c1ccc(-c2cccc(Oc3cccc(-c4ccccn4)c3)c2)nc1. The minimum Gasteiger partial charge on any atom is -0.457 e. The first-order valence-corrected chi connectivity index (χ1v) is 8.09. The van der Waals surface area contributed by atoms with Gasteiger partial charge in [0.25, 0.3) is 0 Å². The Morgan fingerprint density at radius 1 is 0.538 bits per heavy atom. The van der Waals surface area contributed by atoms with Crippen molar-refractivity contribution in [2.75, 3.05) is 0 Å². The largest absolute Gasteiger partial charge is 0.457 e. The van der Waals surface area contributed by atoms with Gasteiger partial charge in [0, 0.05) is 43.9 Å². The van der Waals surface area contributed by atoms with E-state index in [1.807, 2.05) is 84.9 Å². The van der Waals surface area contributed by atoms with Gasteiger partial charge in [0.15, 0.2) is 0 Å². The maximum Gasteiger partial charge on any atom is 0.128 e. The van der Waals surface area contributed by atoms with E-state index in [4.69, 9.17) is 4.74 Å². The van der Waals surface area contributed by atoms with Crippen molar-refractivity contribution in [1.29, 1.82) is 0 Å². The second-order valence-electron chi connectivity index (χ2n) is 5.59. The van der Waals surface area contributed by atoms with Crippen LogP contribution in [0.1, 0.15) is 0 Å². The normalized spacial score (nSPS) is 10.0. The molecule has 3 nitrogen and oxygen atoms in total. The van der Waals surface area contributed by atoms with Crippen molar-refractivity contribution in [3.8, 4) is 34.0 Å². The van der Waals surface area contributed by atoms with E-state index in [9.17, 15) is 0 Å². The fourth-order valence-corrected chi connectivity index (χ4v) is 2.64. The second kappa shape index (κ2) is 8.53. The van der Waals surface area contributed by atoms with Crippen LogP contribution in [0.15, 0.2) is 97.3 Å². The Labute approximate surface area is 166 Å². The number of aromatic nitrogens is 2. The molecule has 0 saturated heterocycles. The van der Waals surface area contributed by atoms with Gasteiger partial charge in [-0.2, -0.15) is 0 Å². The molecule has 0 N–H and O–H groups in total. The number of ether oxygens (including phenoxy) is 1. The zero-order chi connectivity index (χ0) is 16.9. The fraction of sp³-hybridized carbons (Fsp3) is 0. The molecule has 0 saturated carbocycles. The van der Waals surface area contributed by atoms with Gasteiger partial charge in [-0.3, -0.25) is 9.97 Å². The summed E-state index contributed by atoms with van der Waals surface area (Å²) in [7, 11) is 0. The van der Waals surface area contributed by atoms with E-state index in [0.29, 0.717) is 0 Å². The van der Waals surface area contributed by atoms with Crippen molar-refractivity contribution in [1.82, 2.24) is 9.97 Å². The van der Waals surface area contributed by atoms with Crippen LogP contribution in [0.4, 0.5) is 0 Å². The number of nitrogens with zero attached hydrogens (tertiary/aromatic N) is 2. The molecule has 0 bridgehead atoms. The Kier molecular flexibility index (Phi) is 5.91. The summed E-state index contributed by atoms with van der Waals surface area (Å²) in [5, 5.41) is 0. The van der Waals surface area contributed by atoms with E-state index < -0.39 is 0 Å². The van der Waals surface area contributed by atoms with Gasteiger partial charge in [-0.05, 0) is 48.5 Å². The summed E-state index contributed by atoms with van der Waals surface area (Å²) in [6.45, 7) is 0. The summed E-state index contributed by atoms with van der Waals surface area (Å²) in [5.41, 5.74) is 3.91. The Morgan fingerprint density at radius 2 is 1.04 bits per heavy atom. The van der Waals surface area contributed by atoms with Gasteiger partial charge >= 0.3 is 0 Å². The minimum absolute atomic E-state index is 0. The van der Waals surface area contributed by atoms with E-state index in [-0.39, 0.29) is 20.4 Å². The van der Waals surface area contributed by atoms with Crippen molar-refractivity contribution >= 4 is 0 Å². The molecule has 0 radical (unpaired) electrons. The Hall–Kier alpha value is -2.80. The summed E-state index contributed by atoms with van der Waals surface area (Å²) < 4.78 is 6.05. The number of pyridine rings is 2. The number of hydrogen-bond donors (Lipinski definition) is 0. The summed E-state index contributed by atoms with van der Waals surface area (Å²) >= 11 is 0. The van der Waals surface area contributed by atoms with Gasteiger partial charge < -0.3 is 4.74 Å². The molecule has 2 heterocycles. The molecule has 2 aromatic heterocycles. The quantitative estimate of drug-likeness (QED) is 0.395. The Balaban J connectivity index is 0.00000196. The van der Waals surface area contributed by atoms with Crippen molar-refractivity contribution in [2.45, 2.75) is 0 Å². The maximum absolute atomic E-state index is 6.05. The first-order valence-electron chi connectivity index (χ1n) is 8.09. The van der Waals surface area contributed by atoms with Crippen molar-refractivity contribution in [3.05, 3.63) is 97.3 Å². The van der Waals surface area contributed by atoms with Crippen LogP contribution in [0, 0.1) is 0 Å². The summed E-state index contributed by atoms with van der Waals surface area (Å²) in [6.07, 6.45) is 3.58. The zero-order valence-electron chi connectivity index (χ0n) is 13.9. The van der Waals surface area contributed by atoms with E-state index in [1.165, 1.54) is 0 Å². The molecule has 0 aliphatic rings. The van der Waals surface area contributed by atoms with Gasteiger partial charge in [0.1, 0.15) is 11.5 Å². The van der Waals surface area contributed by atoms with E-state index in [1.54, 1.807) is 12.4 Å². The molecule has 0 spiro atoms. The molecule has 26 heavy (non-hydrogen) atoms. The molecule has 0 atom stereocenters. The first kappa shape index (κ1) is 18.0. The molecule has 4 aromatic rings. The van der Waals surface area contributed by atoms with Crippen LogP contribution >= 0.6 is 0 Å². The Morgan fingerprint density at radius 3 is 1.46 bits per heavy atom. The fourth-order valence-electron chi connectivity index (χ4n) is 2.64. The number of hydrogen-bond acceptors (Lipinski definition) is 3. The molecule has 4 heteroatoms. The monoisotopic (exact) mass is 430 g/mol. The summed E-state index contributed by atoms with van der Waals surface area (Å²) in [6, 6.07) is 27.6. The van der Waals surface area contributed by atoms with Gasteiger partial charge in [-0.1, -0.05) is 36.4 Å². The minimum atomic E-state index is 0. The third-order valence-corrected chi connectivity index (χ3v) is 3.83. The smallest absolute Gasteiger partial charge is 0.128 e. The first-order chi connectivity index (χ1) is 12.4. The van der Waals surface area contributed by atoms with Crippen LogP contribution in [0.2, 0.25) is 0 Å². The van der Waals surface area contributed by atoms with Crippen LogP contribution in [-0.2, 0) is 20.4 Å². The van der Waals surface area contributed by atoms with E-state index in [0.717, 1.165) is 34.0 Å². The third-order valence-electron chi connectivity index (χ3n) is 3.83. The van der Waals surface area contributed by atoms with Gasteiger partial charge in [0.05, 0.1) is 11.4 Å². The second-order valence-corrected chi connectivity index (χ2v) is 5.59. The zero-order valence-corrected chi connectivity index (χ0v) is 15.4. The Bertz CT molecular complexity index is 894. The van der Waals surface area contributed by atoms with E-state index >= 15 is 0 Å². The molecule has 0 fully saturated rings. The van der Waals surface area contributed by atoms with Crippen molar-refractivity contribution < 1.29 is 25.2 Å². The third kappa shape index (κ3) is 4.24. The van der Waals surface area contributed by atoms with Crippen LogP contribution in [0.3, 0.4) is 0 Å². The molecule has 0 unspecified atom stereocenters. The molecular formula is C22H16N2OPd. The van der Waals surface area contributed by atoms with Gasteiger partial charge in [0.2, 0.25) is 0 Å². The van der Waals surface area contributed by atoms with Gasteiger partial charge in [-0.15, -0.1) is 0 Å². The molecular weight excluding hydrogens is 415 g/mol. The maximum atomic E-state index is 6.05. The molecule has 0 aliphatic carbocycles. The predicted octanol–water partition coefficient (Wildman–Crippen LogP) is 5.60. The number of benzene rings is 2. The summed E-state index contributed by atoms with van der Waals surface area (Å²) in [4.78, 5) is 8.77. The number of rotatable bonds is 4.